The first-order valence-electron chi connectivity index (χ1n) is 3.58. The molecule has 78 valence electrons. The Morgan fingerprint density at radius 2 is 2.20 bits per heavy atom. The summed E-state index contributed by atoms with van der Waals surface area (Å²) in [6, 6.07) is 0. The number of hydrogen-bond donors (Lipinski definition) is 0. The Balaban J connectivity index is 2.91. The maximum atomic E-state index is 10.6. The summed E-state index contributed by atoms with van der Waals surface area (Å²) < 4.78 is 24.4. The molecule has 0 radical (unpaired) electrons. The minimum absolute atomic E-state index is 0.162. The molecular weight excluding hydrogens is 416 g/mol. The van der Waals surface area contributed by atoms with Crippen LogP contribution in [0, 0.1) is 3.57 Å². The van der Waals surface area contributed by atoms with E-state index in [9.17, 15) is 8.42 Å². The standard InChI is InChI=1S/C6H2BrIN3O2PS/c7-5-4-3(8)1-11(14-15(12)13)6(4)10-2-9-5/h1-2H. The Kier molecular flexibility index (Phi) is 3.39. The predicted octanol–water partition coefficient (Wildman–Crippen LogP) is 2.30. The molecule has 9 heteroatoms. The summed E-state index contributed by atoms with van der Waals surface area (Å²) in [5, 5.41) is 0.830. The number of rotatable bonds is 1. The van der Waals surface area contributed by atoms with Crippen molar-refractivity contribution in [2.75, 3.05) is 0 Å². The molecule has 0 unspecified atom stereocenters. The van der Waals surface area contributed by atoms with Crippen molar-refractivity contribution in [1.82, 2.24) is 14.3 Å². The van der Waals surface area contributed by atoms with E-state index in [-0.39, 0.29) is 7.51 Å². The van der Waals surface area contributed by atoms with Gasteiger partial charge < -0.3 is 0 Å². The summed E-state index contributed by atoms with van der Waals surface area (Å²) in [7, 11) is -2.00. The maximum Gasteiger partial charge on any atom is 0.257 e. The molecule has 0 aliphatic rings. The molecule has 0 bridgehead atoms. The number of aromatic nitrogens is 3. The van der Waals surface area contributed by atoms with Crippen molar-refractivity contribution in [2.24, 2.45) is 0 Å². The van der Waals surface area contributed by atoms with Crippen LogP contribution in [0.2, 0.25) is 0 Å². The summed E-state index contributed by atoms with van der Waals surface area (Å²) in [6.07, 6.45) is 3.12. The Hall–Kier alpha value is -0.0500. The normalized spacial score (nSPS) is 11.1. The van der Waals surface area contributed by atoms with Gasteiger partial charge in [0.15, 0.2) is 13.2 Å². The predicted molar refractivity (Wildman–Crippen MR) is 69.2 cm³/mol. The van der Waals surface area contributed by atoms with Crippen LogP contribution in [0.3, 0.4) is 0 Å². The highest BCUT2D eigenvalue weighted by molar-refractivity contribution is 14.1. The second kappa shape index (κ2) is 4.44. The maximum absolute atomic E-state index is 10.6. The van der Waals surface area contributed by atoms with E-state index in [1.165, 1.54) is 6.33 Å². The lowest BCUT2D eigenvalue weighted by atomic mass is 10.4. The van der Waals surface area contributed by atoms with E-state index in [0.717, 1.165) is 8.96 Å². The van der Waals surface area contributed by atoms with Gasteiger partial charge in [0.05, 0.1) is 5.39 Å². The fourth-order valence-electron chi connectivity index (χ4n) is 1.10. The monoisotopic (exact) mass is 417 g/mol. The molecule has 2 aromatic rings. The van der Waals surface area contributed by atoms with Crippen molar-refractivity contribution in [2.45, 2.75) is 0 Å². The van der Waals surface area contributed by atoms with Crippen LogP contribution >= 0.6 is 46.0 Å². The zero-order valence-electron chi connectivity index (χ0n) is 6.92. The van der Waals surface area contributed by atoms with Crippen molar-refractivity contribution >= 4 is 66.9 Å². The van der Waals surface area contributed by atoms with E-state index >= 15 is 0 Å². The van der Waals surface area contributed by atoms with Crippen molar-refractivity contribution in [3.63, 3.8) is 0 Å². The minimum atomic E-state index is -2.16. The molecule has 0 aliphatic heterocycles. The molecule has 0 aliphatic carbocycles. The van der Waals surface area contributed by atoms with Gasteiger partial charge in [-0.05, 0) is 38.5 Å². The smallest absolute Gasteiger partial charge is 0.257 e. The van der Waals surface area contributed by atoms with Crippen LogP contribution in [-0.4, -0.2) is 22.7 Å². The Labute approximate surface area is 110 Å². The molecule has 0 saturated heterocycles. The summed E-state index contributed by atoms with van der Waals surface area (Å²) in [6.45, 7) is 0. The molecule has 2 aromatic heterocycles. The van der Waals surface area contributed by atoms with E-state index in [4.69, 9.17) is 0 Å². The number of nitrogens with zero attached hydrogens (tertiary/aromatic N) is 3. The van der Waals surface area contributed by atoms with Crippen molar-refractivity contribution < 1.29 is 8.42 Å². The SMILES string of the molecule is O=S(=O)=Pn1cc(I)c2c(Br)ncnc21. The highest BCUT2D eigenvalue weighted by Gasteiger charge is 2.10. The van der Waals surface area contributed by atoms with Crippen LogP contribution in [0.25, 0.3) is 11.0 Å². The molecule has 0 amide bonds. The highest BCUT2D eigenvalue weighted by Crippen LogP contribution is 2.29. The summed E-state index contributed by atoms with van der Waals surface area (Å²) in [5.74, 6) is 0. The first kappa shape index (κ1) is 11.4. The van der Waals surface area contributed by atoms with E-state index in [1.54, 1.807) is 10.5 Å². The lowest BCUT2D eigenvalue weighted by Gasteiger charge is -1.93. The zero-order valence-corrected chi connectivity index (χ0v) is 12.4. The van der Waals surface area contributed by atoms with Gasteiger partial charge in [0, 0.05) is 9.77 Å². The van der Waals surface area contributed by atoms with E-state index < -0.39 is 9.88 Å². The molecule has 0 N–H and O–H groups in total. The average Bonchev–Trinajstić information content (AvgIpc) is 2.44. The van der Waals surface area contributed by atoms with Gasteiger partial charge in [-0.2, -0.15) is 8.42 Å². The van der Waals surface area contributed by atoms with Crippen molar-refractivity contribution in [3.8, 4) is 0 Å². The second-order valence-electron chi connectivity index (χ2n) is 2.48. The fourth-order valence-corrected chi connectivity index (χ4v) is 4.29. The van der Waals surface area contributed by atoms with E-state index in [1.807, 2.05) is 0 Å². The van der Waals surface area contributed by atoms with Gasteiger partial charge in [-0.1, -0.05) is 0 Å². The fraction of sp³-hybridized carbons (Fsp3) is 0. The second-order valence-corrected chi connectivity index (χ2v) is 6.81. The van der Waals surface area contributed by atoms with Crippen LogP contribution in [0.4, 0.5) is 0 Å². The summed E-state index contributed by atoms with van der Waals surface area (Å²) >= 11 is 5.42. The molecular formula is C6H2BrIN3O2PS. The first-order chi connectivity index (χ1) is 7.09. The van der Waals surface area contributed by atoms with Crippen LogP contribution in [0.1, 0.15) is 0 Å². The molecule has 15 heavy (non-hydrogen) atoms. The Morgan fingerprint density at radius 1 is 1.47 bits per heavy atom. The lowest BCUT2D eigenvalue weighted by Crippen LogP contribution is -1.85. The summed E-state index contributed by atoms with van der Waals surface area (Å²) in [4.78, 5) is 8.04. The van der Waals surface area contributed by atoms with Crippen LogP contribution in [-0.2, 0) is 9.88 Å². The van der Waals surface area contributed by atoms with Gasteiger partial charge in [0.2, 0.25) is 0 Å². The first-order valence-corrected chi connectivity index (χ1v) is 7.98. The van der Waals surface area contributed by atoms with Gasteiger partial charge in [0.25, 0.3) is 9.88 Å². The van der Waals surface area contributed by atoms with Gasteiger partial charge >= 0.3 is 0 Å². The van der Waals surface area contributed by atoms with Crippen molar-refractivity contribution in [3.05, 3.63) is 20.7 Å². The Bertz CT molecular complexity index is 660. The molecule has 0 fully saturated rings. The zero-order chi connectivity index (χ0) is 11.0. The van der Waals surface area contributed by atoms with Crippen LogP contribution in [0.5, 0.6) is 0 Å². The lowest BCUT2D eigenvalue weighted by molar-refractivity contribution is 0.628. The van der Waals surface area contributed by atoms with Gasteiger partial charge in [0.1, 0.15) is 10.9 Å². The number of halogens is 2. The summed E-state index contributed by atoms with van der Waals surface area (Å²) in [5.41, 5.74) is 0.604. The molecule has 2 heterocycles. The molecule has 0 saturated carbocycles. The third-order valence-corrected chi connectivity index (χ3v) is 4.59. The minimum Gasteiger partial charge on any atom is -0.270 e. The molecule has 2 rings (SSSR count). The molecule has 0 atom stereocenters. The van der Waals surface area contributed by atoms with Crippen molar-refractivity contribution in [1.29, 1.82) is 0 Å². The van der Waals surface area contributed by atoms with Crippen LogP contribution in [0.15, 0.2) is 17.1 Å². The third kappa shape index (κ3) is 2.22. The van der Waals surface area contributed by atoms with Gasteiger partial charge in [-0.15, -0.1) is 0 Å². The van der Waals surface area contributed by atoms with E-state index in [2.05, 4.69) is 48.5 Å². The largest absolute Gasteiger partial charge is 0.270 e. The number of hydrogen-bond acceptors (Lipinski definition) is 4. The van der Waals surface area contributed by atoms with Crippen LogP contribution < -0.4 is 0 Å². The third-order valence-electron chi connectivity index (χ3n) is 1.63. The van der Waals surface area contributed by atoms with Gasteiger partial charge in [-0.3, -0.25) is 4.34 Å². The average molecular weight is 418 g/mol. The van der Waals surface area contributed by atoms with E-state index in [0.29, 0.717) is 10.3 Å². The number of fused-ring (bicyclic) bond motifs is 1. The molecule has 0 aromatic carbocycles. The van der Waals surface area contributed by atoms with Gasteiger partial charge in [-0.25, -0.2) is 9.97 Å². The Morgan fingerprint density at radius 3 is 2.87 bits per heavy atom. The quantitative estimate of drug-likeness (QED) is 0.405. The topological polar surface area (TPSA) is 64.8 Å². The highest BCUT2D eigenvalue weighted by atomic mass is 127. The molecule has 5 nitrogen and oxygen atoms in total. The molecule has 0 spiro atoms.